The van der Waals surface area contributed by atoms with E-state index in [0.717, 1.165) is 23.5 Å². The lowest BCUT2D eigenvalue weighted by atomic mass is 9.48. The first kappa shape index (κ1) is 17.8. The summed E-state index contributed by atoms with van der Waals surface area (Å²) in [7, 11) is 1.43. The molecule has 142 valence electrons. The molecule has 27 heavy (non-hydrogen) atoms. The average molecular weight is 367 g/mol. The Kier molecular flexibility index (Phi) is 3.95. The molecular formula is C22H25NO4. The van der Waals surface area contributed by atoms with E-state index in [1.165, 1.54) is 7.11 Å². The highest BCUT2D eigenvalue weighted by molar-refractivity contribution is 5.96. The molecule has 1 aromatic carbocycles. The minimum atomic E-state index is -0.542. The Hall–Kier alpha value is -2.56. The van der Waals surface area contributed by atoms with Gasteiger partial charge in [-0.05, 0) is 48.9 Å². The Morgan fingerprint density at radius 2 is 1.85 bits per heavy atom. The minimum absolute atomic E-state index is 0.0364. The first-order valence-corrected chi connectivity index (χ1v) is 9.31. The Bertz CT molecular complexity index is 895. The van der Waals surface area contributed by atoms with Crippen LogP contribution in [0, 0.1) is 23.7 Å². The largest absolute Gasteiger partial charge is 0.469 e. The number of aryl methyl sites for hydroxylation is 1. The molecule has 0 N–H and O–H groups in total. The number of fused-ring (bicyclic) bond motifs is 1. The SMILES string of the molecule is COC(=O)[C@@]12CN(C(=O)c3ccc(-c4ccc(C)o4)cc3)C[C@@H]1C(C)(C)C2. The van der Waals surface area contributed by atoms with Gasteiger partial charge in [-0.3, -0.25) is 9.59 Å². The highest BCUT2D eigenvalue weighted by Gasteiger charge is 2.68. The molecule has 1 amide bonds. The third kappa shape index (κ3) is 2.68. The van der Waals surface area contributed by atoms with E-state index < -0.39 is 5.41 Å². The maximum Gasteiger partial charge on any atom is 0.314 e. The first-order valence-electron chi connectivity index (χ1n) is 9.31. The van der Waals surface area contributed by atoms with E-state index in [4.69, 9.17) is 9.15 Å². The van der Waals surface area contributed by atoms with Gasteiger partial charge in [0.25, 0.3) is 5.91 Å². The fourth-order valence-electron chi connectivity index (χ4n) is 5.08. The van der Waals surface area contributed by atoms with Gasteiger partial charge in [0.05, 0.1) is 12.5 Å². The van der Waals surface area contributed by atoms with Crippen molar-refractivity contribution in [1.82, 2.24) is 4.90 Å². The van der Waals surface area contributed by atoms with Gasteiger partial charge in [0, 0.05) is 24.2 Å². The highest BCUT2D eigenvalue weighted by Crippen LogP contribution is 2.63. The lowest BCUT2D eigenvalue weighted by Crippen LogP contribution is -2.57. The van der Waals surface area contributed by atoms with E-state index in [-0.39, 0.29) is 23.2 Å². The predicted molar refractivity (Wildman–Crippen MR) is 101 cm³/mol. The summed E-state index contributed by atoms with van der Waals surface area (Å²) < 4.78 is 10.7. The van der Waals surface area contributed by atoms with Gasteiger partial charge in [-0.2, -0.15) is 0 Å². The van der Waals surface area contributed by atoms with Crippen LogP contribution < -0.4 is 0 Å². The molecule has 0 radical (unpaired) electrons. The summed E-state index contributed by atoms with van der Waals surface area (Å²) in [6.45, 7) is 7.26. The van der Waals surface area contributed by atoms with Crippen LogP contribution in [0.2, 0.25) is 0 Å². The maximum atomic E-state index is 13.0. The van der Waals surface area contributed by atoms with E-state index in [1.807, 2.05) is 48.2 Å². The zero-order valence-corrected chi connectivity index (χ0v) is 16.2. The summed E-state index contributed by atoms with van der Waals surface area (Å²) >= 11 is 0. The second-order valence-corrected chi connectivity index (χ2v) is 8.54. The molecule has 2 fully saturated rings. The first-order chi connectivity index (χ1) is 12.8. The number of hydrogen-bond donors (Lipinski definition) is 0. The molecule has 5 nitrogen and oxygen atoms in total. The van der Waals surface area contributed by atoms with Crippen molar-refractivity contribution in [2.24, 2.45) is 16.7 Å². The van der Waals surface area contributed by atoms with Gasteiger partial charge in [-0.25, -0.2) is 0 Å². The standard InChI is InChI=1S/C22H25NO4/c1-14-5-10-17(27-14)15-6-8-16(9-7-15)19(24)23-11-18-21(2,3)12-22(18,13-23)20(25)26-4/h5-10,18H,11-13H2,1-4H3/t18-,22+/m1/s1. The van der Waals surface area contributed by atoms with Gasteiger partial charge in [0.2, 0.25) is 0 Å². The van der Waals surface area contributed by atoms with Crippen LogP contribution in [0.15, 0.2) is 40.8 Å². The van der Waals surface area contributed by atoms with Crippen molar-refractivity contribution in [3.63, 3.8) is 0 Å². The molecule has 2 aromatic rings. The Balaban J connectivity index is 1.54. The fraction of sp³-hybridized carbons (Fsp3) is 0.455. The minimum Gasteiger partial charge on any atom is -0.469 e. The lowest BCUT2D eigenvalue weighted by molar-refractivity contribution is -0.174. The van der Waals surface area contributed by atoms with E-state index in [9.17, 15) is 9.59 Å². The molecule has 4 rings (SSSR count). The number of nitrogens with zero attached hydrogens (tertiary/aromatic N) is 1. The van der Waals surface area contributed by atoms with Crippen LogP contribution in [0.4, 0.5) is 0 Å². The van der Waals surface area contributed by atoms with Crippen LogP contribution in [-0.4, -0.2) is 37.0 Å². The molecular weight excluding hydrogens is 342 g/mol. The number of ether oxygens (including phenoxy) is 1. The lowest BCUT2D eigenvalue weighted by Gasteiger charge is -2.54. The topological polar surface area (TPSA) is 59.8 Å². The quantitative estimate of drug-likeness (QED) is 0.772. The van der Waals surface area contributed by atoms with E-state index in [0.29, 0.717) is 18.7 Å². The molecule has 2 atom stereocenters. The van der Waals surface area contributed by atoms with Gasteiger partial charge in [0.1, 0.15) is 11.5 Å². The molecule has 0 unspecified atom stereocenters. The van der Waals surface area contributed by atoms with E-state index in [2.05, 4.69) is 13.8 Å². The summed E-state index contributed by atoms with van der Waals surface area (Å²) in [4.78, 5) is 27.3. The zero-order chi connectivity index (χ0) is 19.4. The summed E-state index contributed by atoms with van der Waals surface area (Å²) in [5.41, 5.74) is 1.07. The van der Waals surface area contributed by atoms with Gasteiger partial charge < -0.3 is 14.1 Å². The average Bonchev–Trinajstić information content (AvgIpc) is 3.23. The molecule has 1 saturated heterocycles. The second kappa shape index (κ2) is 5.98. The number of rotatable bonds is 3. The fourth-order valence-corrected chi connectivity index (χ4v) is 5.08. The smallest absolute Gasteiger partial charge is 0.314 e. The zero-order valence-electron chi connectivity index (χ0n) is 16.2. The third-order valence-electron chi connectivity index (χ3n) is 6.29. The molecule has 0 spiro atoms. The summed E-state index contributed by atoms with van der Waals surface area (Å²) in [5.74, 6) is 1.56. The highest BCUT2D eigenvalue weighted by atomic mass is 16.5. The van der Waals surface area contributed by atoms with Gasteiger partial charge >= 0.3 is 5.97 Å². The van der Waals surface area contributed by atoms with Crippen molar-refractivity contribution in [3.05, 3.63) is 47.7 Å². The molecule has 1 saturated carbocycles. The molecule has 0 bridgehead atoms. The molecule has 2 aliphatic rings. The molecule has 2 heterocycles. The number of methoxy groups -OCH3 is 1. The van der Waals surface area contributed by atoms with Crippen molar-refractivity contribution in [2.45, 2.75) is 27.2 Å². The van der Waals surface area contributed by atoms with Crippen LogP contribution in [-0.2, 0) is 9.53 Å². The number of benzene rings is 1. The number of likely N-dealkylation sites (tertiary alicyclic amines) is 1. The summed E-state index contributed by atoms with van der Waals surface area (Å²) in [6.07, 6.45) is 0.762. The van der Waals surface area contributed by atoms with Crippen LogP contribution in [0.1, 0.15) is 36.4 Å². The molecule has 1 aliphatic heterocycles. The van der Waals surface area contributed by atoms with Crippen molar-refractivity contribution in [3.8, 4) is 11.3 Å². The second-order valence-electron chi connectivity index (χ2n) is 8.54. The molecule has 1 aromatic heterocycles. The van der Waals surface area contributed by atoms with Crippen LogP contribution >= 0.6 is 0 Å². The Morgan fingerprint density at radius 3 is 2.41 bits per heavy atom. The van der Waals surface area contributed by atoms with Crippen molar-refractivity contribution >= 4 is 11.9 Å². The molecule has 5 heteroatoms. The monoisotopic (exact) mass is 367 g/mol. The van der Waals surface area contributed by atoms with Gasteiger partial charge in [0.15, 0.2) is 0 Å². The Labute approximate surface area is 159 Å². The van der Waals surface area contributed by atoms with Crippen molar-refractivity contribution in [2.75, 3.05) is 20.2 Å². The third-order valence-corrected chi connectivity index (χ3v) is 6.29. The predicted octanol–water partition coefficient (Wildman–Crippen LogP) is 3.92. The maximum absolute atomic E-state index is 13.0. The number of furan rings is 1. The number of carbonyl (C=O) groups excluding carboxylic acids is 2. The number of amides is 1. The van der Waals surface area contributed by atoms with Crippen molar-refractivity contribution < 1.29 is 18.7 Å². The number of hydrogen-bond acceptors (Lipinski definition) is 4. The number of carbonyl (C=O) groups is 2. The summed E-state index contributed by atoms with van der Waals surface area (Å²) in [6, 6.07) is 11.3. The van der Waals surface area contributed by atoms with Crippen LogP contribution in [0.3, 0.4) is 0 Å². The Morgan fingerprint density at radius 1 is 1.15 bits per heavy atom. The summed E-state index contributed by atoms with van der Waals surface area (Å²) in [5, 5.41) is 0. The van der Waals surface area contributed by atoms with E-state index >= 15 is 0 Å². The normalized spacial score (nSPS) is 25.6. The van der Waals surface area contributed by atoms with Crippen LogP contribution in [0.25, 0.3) is 11.3 Å². The van der Waals surface area contributed by atoms with Gasteiger partial charge in [-0.1, -0.05) is 26.0 Å². The molecule has 1 aliphatic carbocycles. The van der Waals surface area contributed by atoms with Crippen LogP contribution in [0.5, 0.6) is 0 Å². The number of esters is 1. The van der Waals surface area contributed by atoms with Gasteiger partial charge in [-0.15, -0.1) is 0 Å². The van der Waals surface area contributed by atoms with Crippen molar-refractivity contribution in [1.29, 1.82) is 0 Å². The van der Waals surface area contributed by atoms with E-state index in [1.54, 1.807) is 0 Å².